The highest BCUT2D eigenvalue weighted by Gasteiger charge is 2.23. The van der Waals surface area contributed by atoms with Gasteiger partial charge in [-0.05, 0) is 49.7 Å². The van der Waals surface area contributed by atoms with Crippen molar-refractivity contribution in [2.45, 2.75) is 39.0 Å². The van der Waals surface area contributed by atoms with Crippen molar-refractivity contribution in [1.29, 1.82) is 0 Å². The number of carbonyl (C=O) groups is 1. The summed E-state index contributed by atoms with van der Waals surface area (Å²) in [5.41, 5.74) is 0.284. The lowest BCUT2D eigenvalue weighted by Crippen LogP contribution is -2.30. The summed E-state index contributed by atoms with van der Waals surface area (Å²) in [6.45, 7) is 8.86. The van der Waals surface area contributed by atoms with Crippen LogP contribution in [0.3, 0.4) is 0 Å². The number of hydrogen-bond donors (Lipinski definition) is 2. The van der Waals surface area contributed by atoms with Gasteiger partial charge in [-0.15, -0.1) is 0 Å². The highest BCUT2D eigenvalue weighted by molar-refractivity contribution is 7.89. The Morgan fingerprint density at radius 2 is 1.71 bits per heavy atom. The molecule has 9 heteroatoms. The Hall–Kier alpha value is -2.78. The van der Waals surface area contributed by atoms with Crippen molar-refractivity contribution in [1.82, 2.24) is 4.31 Å². The number of hydrogen-bond acceptors (Lipinski definition) is 6. The van der Waals surface area contributed by atoms with E-state index in [4.69, 9.17) is 9.47 Å². The fourth-order valence-electron chi connectivity index (χ4n) is 2.93. The highest BCUT2D eigenvalue weighted by Crippen LogP contribution is 2.31. The number of phenolic OH excluding ortho intramolecular Hbond substituents is 1. The van der Waals surface area contributed by atoms with Gasteiger partial charge in [-0.2, -0.15) is 4.31 Å². The zero-order valence-corrected chi connectivity index (χ0v) is 19.2. The molecule has 31 heavy (non-hydrogen) atoms. The lowest BCUT2D eigenvalue weighted by molar-refractivity contribution is 0.102. The van der Waals surface area contributed by atoms with E-state index in [1.165, 1.54) is 22.5 Å². The molecule has 0 unspecified atom stereocenters. The molecule has 1 amide bonds. The molecule has 0 aliphatic heterocycles. The van der Waals surface area contributed by atoms with E-state index in [9.17, 15) is 18.3 Å². The molecule has 0 spiro atoms. The quantitative estimate of drug-likeness (QED) is 0.504. The SMILES string of the molecule is CCCOc1ccc(C(=O)Nc2cc(S(=O)(=O)N(CC)CC)ccc2O)cc1OCC. The fourth-order valence-corrected chi connectivity index (χ4v) is 4.42. The number of phenols is 1. The van der Waals surface area contributed by atoms with Crippen LogP contribution in [0.2, 0.25) is 0 Å². The van der Waals surface area contributed by atoms with Crippen molar-refractivity contribution in [2.24, 2.45) is 0 Å². The summed E-state index contributed by atoms with van der Waals surface area (Å²) < 4.78 is 38.0. The van der Waals surface area contributed by atoms with Gasteiger partial charge in [0.15, 0.2) is 11.5 Å². The average Bonchev–Trinajstić information content (AvgIpc) is 2.75. The lowest BCUT2D eigenvalue weighted by Gasteiger charge is -2.19. The van der Waals surface area contributed by atoms with Gasteiger partial charge in [-0.25, -0.2) is 8.42 Å². The molecule has 0 aliphatic rings. The van der Waals surface area contributed by atoms with E-state index in [-0.39, 0.29) is 21.9 Å². The topological polar surface area (TPSA) is 105 Å². The fraction of sp³-hybridized carbons (Fsp3) is 0.409. The summed E-state index contributed by atoms with van der Waals surface area (Å²) in [6.07, 6.45) is 0.833. The highest BCUT2D eigenvalue weighted by atomic mass is 32.2. The van der Waals surface area contributed by atoms with Crippen molar-refractivity contribution in [2.75, 3.05) is 31.6 Å². The molecule has 0 heterocycles. The largest absolute Gasteiger partial charge is 0.506 e. The van der Waals surface area contributed by atoms with Gasteiger partial charge in [0.1, 0.15) is 5.75 Å². The molecule has 2 aromatic rings. The summed E-state index contributed by atoms with van der Waals surface area (Å²) >= 11 is 0. The smallest absolute Gasteiger partial charge is 0.255 e. The molecule has 0 aromatic heterocycles. The van der Waals surface area contributed by atoms with Gasteiger partial charge in [0.2, 0.25) is 10.0 Å². The Kier molecular flexibility index (Phi) is 8.70. The minimum Gasteiger partial charge on any atom is -0.506 e. The standard InChI is InChI=1S/C22H30N2O6S/c1-5-13-30-20-12-9-16(14-21(20)29-8-4)22(26)23-18-15-17(10-11-19(18)25)31(27,28)24(6-2)7-3/h9-12,14-15,25H,5-8,13H2,1-4H3,(H,23,26). The zero-order valence-electron chi connectivity index (χ0n) is 18.3. The number of nitrogens with one attached hydrogen (secondary N) is 1. The number of amides is 1. The van der Waals surface area contributed by atoms with Crippen LogP contribution in [0, 0.1) is 0 Å². The molecule has 2 rings (SSSR count). The molecular formula is C22H30N2O6S. The number of rotatable bonds is 11. The van der Waals surface area contributed by atoms with Crippen LogP contribution in [0.15, 0.2) is 41.3 Å². The third-order valence-corrected chi connectivity index (χ3v) is 6.57. The molecule has 0 bridgehead atoms. The van der Waals surface area contributed by atoms with Crippen LogP contribution < -0.4 is 14.8 Å². The van der Waals surface area contributed by atoms with Gasteiger partial charge in [-0.1, -0.05) is 20.8 Å². The molecule has 0 fully saturated rings. The maximum atomic E-state index is 12.8. The molecule has 170 valence electrons. The number of sulfonamides is 1. The molecule has 0 aliphatic carbocycles. The molecule has 2 aromatic carbocycles. The number of aromatic hydroxyl groups is 1. The van der Waals surface area contributed by atoms with Gasteiger partial charge in [0.05, 0.1) is 23.8 Å². The average molecular weight is 451 g/mol. The van der Waals surface area contributed by atoms with Crippen molar-refractivity contribution >= 4 is 21.6 Å². The Morgan fingerprint density at radius 1 is 1.00 bits per heavy atom. The van der Waals surface area contributed by atoms with Crippen LogP contribution in [0.5, 0.6) is 17.2 Å². The molecule has 0 radical (unpaired) electrons. The second-order valence-corrected chi connectivity index (χ2v) is 8.60. The van der Waals surface area contributed by atoms with Crippen molar-refractivity contribution in [3.8, 4) is 17.2 Å². The van der Waals surface area contributed by atoms with Crippen molar-refractivity contribution in [3.05, 3.63) is 42.0 Å². The number of nitrogens with zero attached hydrogens (tertiary/aromatic N) is 1. The Morgan fingerprint density at radius 3 is 2.32 bits per heavy atom. The van der Waals surface area contributed by atoms with E-state index in [2.05, 4.69) is 5.32 Å². The van der Waals surface area contributed by atoms with Crippen LogP contribution in [0.1, 0.15) is 44.5 Å². The summed E-state index contributed by atoms with van der Waals surface area (Å²) in [6, 6.07) is 8.60. The number of anilines is 1. The molecule has 0 atom stereocenters. The summed E-state index contributed by atoms with van der Waals surface area (Å²) in [5.74, 6) is 0.219. The molecule has 0 saturated carbocycles. The molecule has 8 nitrogen and oxygen atoms in total. The third kappa shape index (κ3) is 5.89. The van der Waals surface area contributed by atoms with E-state index < -0.39 is 15.9 Å². The number of carbonyl (C=O) groups excluding carboxylic acids is 1. The minimum absolute atomic E-state index is 0.00232. The monoisotopic (exact) mass is 450 g/mol. The predicted octanol–water partition coefficient (Wildman–Crippen LogP) is 3.86. The first-order valence-electron chi connectivity index (χ1n) is 10.3. The van der Waals surface area contributed by atoms with E-state index in [1.54, 1.807) is 32.0 Å². The predicted molar refractivity (Wildman–Crippen MR) is 120 cm³/mol. The van der Waals surface area contributed by atoms with Gasteiger partial charge >= 0.3 is 0 Å². The first kappa shape index (κ1) is 24.5. The first-order valence-corrected chi connectivity index (χ1v) is 11.8. The Labute approximate surface area is 183 Å². The van der Waals surface area contributed by atoms with Crippen LogP contribution >= 0.6 is 0 Å². The second kappa shape index (κ2) is 11.0. The number of ether oxygens (including phenoxy) is 2. The normalized spacial score (nSPS) is 11.4. The molecule has 0 saturated heterocycles. The number of benzene rings is 2. The van der Waals surface area contributed by atoms with Crippen molar-refractivity contribution < 1.29 is 27.8 Å². The van der Waals surface area contributed by atoms with Crippen LogP contribution in [-0.2, 0) is 10.0 Å². The second-order valence-electron chi connectivity index (χ2n) is 6.67. The third-order valence-electron chi connectivity index (χ3n) is 4.53. The van der Waals surface area contributed by atoms with Gasteiger partial charge in [-0.3, -0.25) is 4.79 Å². The van der Waals surface area contributed by atoms with Crippen LogP contribution in [0.25, 0.3) is 0 Å². The van der Waals surface area contributed by atoms with Crippen LogP contribution in [-0.4, -0.2) is 50.0 Å². The van der Waals surface area contributed by atoms with Gasteiger partial charge in [0.25, 0.3) is 5.91 Å². The summed E-state index contributed by atoms with van der Waals surface area (Å²) in [5, 5.41) is 12.7. The van der Waals surface area contributed by atoms with E-state index in [0.717, 1.165) is 6.42 Å². The van der Waals surface area contributed by atoms with E-state index >= 15 is 0 Å². The Bertz CT molecular complexity index is 1000. The summed E-state index contributed by atoms with van der Waals surface area (Å²) in [7, 11) is -3.74. The van der Waals surface area contributed by atoms with Gasteiger partial charge < -0.3 is 19.9 Å². The molecular weight excluding hydrogens is 420 g/mol. The zero-order chi connectivity index (χ0) is 23.0. The lowest BCUT2D eigenvalue weighted by atomic mass is 10.1. The minimum atomic E-state index is -3.74. The van der Waals surface area contributed by atoms with Gasteiger partial charge in [0, 0.05) is 18.7 Å². The van der Waals surface area contributed by atoms with E-state index in [0.29, 0.717) is 37.8 Å². The maximum Gasteiger partial charge on any atom is 0.255 e. The summed E-state index contributed by atoms with van der Waals surface area (Å²) in [4.78, 5) is 12.8. The maximum absolute atomic E-state index is 12.8. The molecule has 2 N–H and O–H groups in total. The van der Waals surface area contributed by atoms with Crippen molar-refractivity contribution in [3.63, 3.8) is 0 Å². The Balaban J connectivity index is 2.32. The van der Waals surface area contributed by atoms with E-state index in [1.807, 2.05) is 13.8 Å². The van der Waals surface area contributed by atoms with Crippen LogP contribution in [0.4, 0.5) is 5.69 Å². The first-order chi connectivity index (χ1) is 14.8.